The third-order valence-corrected chi connectivity index (χ3v) is 4.94. The van der Waals surface area contributed by atoms with Crippen LogP contribution in [0.2, 0.25) is 0 Å². The molecule has 1 heterocycles. The summed E-state index contributed by atoms with van der Waals surface area (Å²) in [6.45, 7) is 0.695. The maximum absolute atomic E-state index is 12.4. The van der Waals surface area contributed by atoms with Crippen molar-refractivity contribution in [2.24, 2.45) is 0 Å². The Morgan fingerprint density at radius 3 is 2.70 bits per heavy atom. The molecule has 1 aliphatic heterocycles. The first-order valence-electron chi connectivity index (χ1n) is 6.67. The lowest BCUT2D eigenvalue weighted by atomic mass is 9.99. The lowest BCUT2D eigenvalue weighted by Crippen LogP contribution is -2.21. The van der Waals surface area contributed by atoms with Crippen molar-refractivity contribution < 1.29 is 8.95 Å². The van der Waals surface area contributed by atoms with E-state index >= 15 is 0 Å². The van der Waals surface area contributed by atoms with Gasteiger partial charge in [-0.25, -0.2) is 0 Å². The van der Waals surface area contributed by atoms with E-state index in [1.165, 1.54) is 11.1 Å². The molecule has 2 aromatic rings. The van der Waals surface area contributed by atoms with Crippen molar-refractivity contribution in [2.75, 3.05) is 18.1 Å². The lowest BCUT2D eigenvalue weighted by molar-refractivity contribution is 0.0582. The van der Waals surface area contributed by atoms with Gasteiger partial charge in [-0.3, -0.25) is 4.21 Å². The summed E-state index contributed by atoms with van der Waals surface area (Å²) in [6.07, 6.45) is 0.847. The average Bonchev–Trinajstić information content (AvgIpc) is 2.48. The van der Waals surface area contributed by atoms with Crippen LogP contribution in [0.15, 0.2) is 53.4 Å². The summed E-state index contributed by atoms with van der Waals surface area (Å²) in [6, 6.07) is 15.4. The molecule has 2 aromatic carbocycles. The van der Waals surface area contributed by atoms with Crippen LogP contribution in [0.5, 0.6) is 0 Å². The molecule has 104 valence electrons. The van der Waals surface area contributed by atoms with Gasteiger partial charge >= 0.3 is 0 Å². The Kier molecular flexibility index (Phi) is 3.85. The number of ether oxygens (including phenoxy) is 1. The Bertz CT molecular complexity index is 625. The maximum atomic E-state index is 12.4. The summed E-state index contributed by atoms with van der Waals surface area (Å²) in [5.74, 6) is 0.487. The zero-order valence-corrected chi connectivity index (χ0v) is 11.9. The van der Waals surface area contributed by atoms with Gasteiger partial charge in [-0.1, -0.05) is 24.3 Å². The van der Waals surface area contributed by atoms with E-state index in [0.29, 0.717) is 18.0 Å². The van der Waals surface area contributed by atoms with E-state index in [1.54, 1.807) is 12.1 Å². The minimum atomic E-state index is -1.08. The van der Waals surface area contributed by atoms with Crippen molar-refractivity contribution >= 4 is 16.5 Å². The summed E-state index contributed by atoms with van der Waals surface area (Å²) in [4.78, 5) is 0.797. The van der Waals surface area contributed by atoms with Crippen LogP contribution in [0, 0.1) is 0 Å². The SMILES string of the molecule is Nc1ccc(S(=O)CC2OCCc3ccccc32)cc1. The van der Waals surface area contributed by atoms with Gasteiger partial charge in [0.1, 0.15) is 0 Å². The minimum absolute atomic E-state index is 0.0849. The topological polar surface area (TPSA) is 52.3 Å². The molecule has 0 spiro atoms. The highest BCUT2D eigenvalue weighted by Gasteiger charge is 2.22. The summed E-state index contributed by atoms with van der Waals surface area (Å²) >= 11 is 0. The number of nitrogens with two attached hydrogens (primary N) is 1. The van der Waals surface area contributed by atoms with Crippen LogP contribution in [-0.4, -0.2) is 16.6 Å². The molecule has 0 saturated carbocycles. The summed E-state index contributed by atoms with van der Waals surface area (Å²) < 4.78 is 18.2. The van der Waals surface area contributed by atoms with Gasteiger partial charge in [-0.2, -0.15) is 0 Å². The average molecular weight is 287 g/mol. The van der Waals surface area contributed by atoms with E-state index in [9.17, 15) is 4.21 Å². The van der Waals surface area contributed by atoms with Crippen molar-refractivity contribution in [1.29, 1.82) is 0 Å². The molecule has 2 atom stereocenters. The van der Waals surface area contributed by atoms with E-state index in [0.717, 1.165) is 11.3 Å². The molecule has 3 nitrogen and oxygen atoms in total. The number of hydrogen-bond donors (Lipinski definition) is 1. The predicted molar refractivity (Wildman–Crippen MR) is 81.0 cm³/mol. The lowest BCUT2D eigenvalue weighted by Gasteiger charge is -2.25. The van der Waals surface area contributed by atoms with E-state index in [2.05, 4.69) is 12.1 Å². The van der Waals surface area contributed by atoms with Crippen molar-refractivity contribution in [3.05, 3.63) is 59.7 Å². The highest BCUT2D eigenvalue weighted by atomic mass is 32.2. The van der Waals surface area contributed by atoms with E-state index in [4.69, 9.17) is 10.5 Å². The van der Waals surface area contributed by atoms with Crippen molar-refractivity contribution in [1.82, 2.24) is 0 Å². The summed E-state index contributed by atoms with van der Waals surface area (Å²) in [7, 11) is -1.08. The first-order valence-corrected chi connectivity index (χ1v) is 7.99. The molecule has 3 rings (SSSR count). The predicted octanol–water partition coefficient (Wildman–Crippen LogP) is 2.69. The van der Waals surface area contributed by atoms with Crippen LogP contribution in [0.3, 0.4) is 0 Å². The number of fused-ring (bicyclic) bond motifs is 1. The number of rotatable bonds is 3. The Hall–Kier alpha value is -1.65. The molecule has 0 aliphatic carbocycles. The second-order valence-corrected chi connectivity index (χ2v) is 6.39. The van der Waals surface area contributed by atoms with Gasteiger partial charge in [-0.15, -0.1) is 0 Å². The Morgan fingerprint density at radius 2 is 1.90 bits per heavy atom. The summed E-state index contributed by atoms with van der Waals surface area (Å²) in [5, 5.41) is 0. The Morgan fingerprint density at radius 1 is 1.15 bits per heavy atom. The second kappa shape index (κ2) is 5.77. The maximum Gasteiger partial charge on any atom is 0.0946 e. The smallest absolute Gasteiger partial charge is 0.0946 e. The largest absolute Gasteiger partial charge is 0.399 e. The third kappa shape index (κ3) is 2.76. The van der Waals surface area contributed by atoms with Crippen LogP contribution in [0.4, 0.5) is 5.69 Å². The normalized spacial score (nSPS) is 19.3. The monoisotopic (exact) mass is 287 g/mol. The van der Waals surface area contributed by atoms with Crippen molar-refractivity contribution in [3.8, 4) is 0 Å². The van der Waals surface area contributed by atoms with E-state index in [1.807, 2.05) is 24.3 Å². The second-order valence-electron chi connectivity index (χ2n) is 4.89. The number of hydrogen-bond acceptors (Lipinski definition) is 3. The molecular weight excluding hydrogens is 270 g/mol. The number of anilines is 1. The van der Waals surface area contributed by atoms with Crippen LogP contribution in [0.1, 0.15) is 17.2 Å². The minimum Gasteiger partial charge on any atom is -0.399 e. The van der Waals surface area contributed by atoms with Crippen LogP contribution in [0.25, 0.3) is 0 Å². The van der Waals surface area contributed by atoms with Crippen LogP contribution in [-0.2, 0) is 22.0 Å². The third-order valence-electron chi connectivity index (χ3n) is 3.54. The number of benzene rings is 2. The molecule has 0 amide bonds. The Balaban J connectivity index is 1.79. The molecule has 0 fully saturated rings. The van der Waals surface area contributed by atoms with Gasteiger partial charge in [0, 0.05) is 10.6 Å². The fourth-order valence-corrected chi connectivity index (χ4v) is 3.65. The molecule has 0 bridgehead atoms. The van der Waals surface area contributed by atoms with Gasteiger partial charge in [0.15, 0.2) is 0 Å². The van der Waals surface area contributed by atoms with Gasteiger partial charge in [0.25, 0.3) is 0 Å². The summed E-state index contributed by atoms with van der Waals surface area (Å²) in [5.41, 5.74) is 8.81. The zero-order chi connectivity index (χ0) is 13.9. The molecular formula is C16H17NO2S. The van der Waals surface area contributed by atoms with Gasteiger partial charge in [0.2, 0.25) is 0 Å². The highest BCUT2D eigenvalue weighted by molar-refractivity contribution is 7.85. The molecule has 2 N–H and O–H groups in total. The first kappa shape index (κ1) is 13.3. The van der Waals surface area contributed by atoms with Gasteiger partial charge < -0.3 is 10.5 Å². The quantitative estimate of drug-likeness (QED) is 0.883. The molecule has 0 saturated heterocycles. The van der Waals surface area contributed by atoms with Gasteiger partial charge in [-0.05, 0) is 41.8 Å². The van der Waals surface area contributed by atoms with E-state index < -0.39 is 10.8 Å². The molecule has 4 heteroatoms. The zero-order valence-electron chi connectivity index (χ0n) is 11.1. The van der Waals surface area contributed by atoms with Crippen molar-refractivity contribution in [2.45, 2.75) is 17.4 Å². The van der Waals surface area contributed by atoms with Crippen LogP contribution >= 0.6 is 0 Å². The standard InChI is InChI=1S/C16H17NO2S/c17-13-5-7-14(8-6-13)20(18)11-16-15-4-2-1-3-12(15)9-10-19-16/h1-8,16H,9-11,17H2. The van der Waals surface area contributed by atoms with Gasteiger partial charge in [0.05, 0.1) is 29.3 Å². The Labute approximate surface area is 121 Å². The molecule has 20 heavy (non-hydrogen) atoms. The number of nitrogen functional groups attached to an aromatic ring is 1. The fourth-order valence-electron chi connectivity index (χ4n) is 2.47. The van der Waals surface area contributed by atoms with E-state index in [-0.39, 0.29) is 6.10 Å². The van der Waals surface area contributed by atoms with Crippen LogP contribution < -0.4 is 5.73 Å². The molecule has 0 radical (unpaired) electrons. The highest BCUT2D eigenvalue weighted by Crippen LogP contribution is 2.28. The molecule has 2 unspecified atom stereocenters. The molecule has 0 aromatic heterocycles. The molecule has 1 aliphatic rings. The van der Waals surface area contributed by atoms with Crippen molar-refractivity contribution in [3.63, 3.8) is 0 Å². The fraction of sp³-hybridized carbons (Fsp3) is 0.250. The first-order chi connectivity index (χ1) is 9.74.